The normalized spacial score (nSPS) is 21.0. The number of rotatable bonds is 5. The van der Waals surface area contributed by atoms with Gasteiger partial charge in [0.05, 0.1) is 0 Å². The van der Waals surface area contributed by atoms with Crippen molar-refractivity contribution >= 4 is 11.3 Å². The maximum Gasteiger partial charge on any atom is 0.0302 e. The van der Waals surface area contributed by atoms with E-state index < -0.39 is 0 Å². The molecule has 0 aromatic carbocycles. The zero-order valence-corrected chi connectivity index (χ0v) is 10.2. The highest BCUT2D eigenvalue weighted by Crippen LogP contribution is 2.15. The summed E-state index contributed by atoms with van der Waals surface area (Å²) >= 11 is 1.86. The van der Waals surface area contributed by atoms with Crippen LogP contribution < -0.4 is 10.6 Å². The molecule has 1 aromatic heterocycles. The summed E-state index contributed by atoms with van der Waals surface area (Å²) in [5, 5.41) is 9.12. The first kappa shape index (κ1) is 11.1. The highest BCUT2D eigenvalue weighted by atomic mass is 32.1. The Balaban J connectivity index is 1.60. The predicted molar refractivity (Wildman–Crippen MR) is 66.4 cm³/mol. The molecule has 1 aliphatic rings. The van der Waals surface area contributed by atoms with E-state index in [1.807, 2.05) is 11.3 Å². The van der Waals surface area contributed by atoms with Crippen LogP contribution in [0.15, 0.2) is 11.4 Å². The van der Waals surface area contributed by atoms with Gasteiger partial charge in [-0.1, -0.05) is 0 Å². The van der Waals surface area contributed by atoms with Crippen LogP contribution in [0.5, 0.6) is 0 Å². The first-order valence-electron chi connectivity index (χ1n) is 5.80. The number of nitrogens with one attached hydrogen (secondary N) is 2. The van der Waals surface area contributed by atoms with Crippen molar-refractivity contribution in [2.45, 2.75) is 26.3 Å². The average molecular weight is 224 g/mol. The van der Waals surface area contributed by atoms with Crippen LogP contribution in [0.3, 0.4) is 0 Å². The molecule has 0 bridgehead atoms. The molecule has 1 fully saturated rings. The van der Waals surface area contributed by atoms with E-state index in [1.165, 1.54) is 36.4 Å². The molecule has 2 N–H and O–H groups in total. The molecule has 1 aromatic rings. The van der Waals surface area contributed by atoms with Crippen molar-refractivity contribution in [3.8, 4) is 0 Å². The molecule has 2 rings (SSSR count). The number of hydrogen-bond acceptors (Lipinski definition) is 3. The lowest BCUT2D eigenvalue weighted by atomic mass is 10.1. The van der Waals surface area contributed by atoms with Crippen LogP contribution in [-0.2, 0) is 6.54 Å². The highest BCUT2D eigenvalue weighted by Gasteiger charge is 2.13. The summed E-state index contributed by atoms with van der Waals surface area (Å²) in [7, 11) is 0. The summed E-state index contributed by atoms with van der Waals surface area (Å²) in [6.45, 7) is 6.83. The molecule has 3 heteroatoms. The second-order valence-electron chi connectivity index (χ2n) is 4.35. The van der Waals surface area contributed by atoms with Crippen LogP contribution >= 0.6 is 11.3 Å². The molecule has 1 atom stereocenters. The van der Waals surface area contributed by atoms with E-state index in [0.717, 1.165) is 19.0 Å². The fraction of sp³-hybridized carbons (Fsp3) is 0.667. The van der Waals surface area contributed by atoms with Crippen LogP contribution in [0, 0.1) is 12.8 Å². The van der Waals surface area contributed by atoms with Gasteiger partial charge in [0.15, 0.2) is 0 Å². The van der Waals surface area contributed by atoms with Crippen molar-refractivity contribution in [1.29, 1.82) is 0 Å². The van der Waals surface area contributed by atoms with Gasteiger partial charge in [0.25, 0.3) is 0 Å². The van der Waals surface area contributed by atoms with Crippen LogP contribution in [-0.4, -0.2) is 19.6 Å². The maximum absolute atomic E-state index is 3.54. The standard InChI is InChI=1S/C12H20N2S/c1-10-4-7-15-12(10)9-14-6-3-11-2-5-13-8-11/h4,7,11,13-14H,2-3,5-6,8-9H2,1H3. The smallest absolute Gasteiger partial charge is 0.0302 e. The minimum absolute atomic E-state index is 0.905. The number of hydrogen-bond donors (Lipinski definition) is 2. The molecule has 1 saturated heterocycles. The van der Waals surface area contributed by atoms with Gasteiger partial charge in [0.1, 0.15) is 0 Å². The van der Waals surface area contributed by atoms with Gasteiger partial charge < -0.3 is 10.6 Å². The van der Waals surface area contributed by atoms with Gasteiger partial charge in [-0.25, -0.2) is 0 Å². The molecule has 0 aliphatic carbocycles. The number of aryl methyl sites for hydroxylation is 1. The zero-order valence-electron chi connectivity index (χ0n) is 9.38. The van der Waals surface area contributed by atoms with Crippen LogP contribution in [0.4, 0.5) is 0 Å². The summed E-state index contributed by atoms with van der Waals surface area (Å²) < 4.78 is 0. The Morgan fingerprint density at radius 3 is 3.20 bits per heavy atom. The third-order valence-electron chi connectivity index (χ3n) is 3.15. The summed E-state index contributed by atoms with van der Waals surface area (Å²) in [5.74, 6) is 0.905. The Bertz CT molecular complexity index is 290. The van der Waals surface area contributed by atoms with Gasteiger partial charge in [-0.3, -0.25) is 0 Å². The van der Waals surface area contributed by atoms with Crippen molar-refractivity contribution in [2.24, 2.45) is 5.92 Å². The average Bonchev–Trinajstić information content (AvgIpc) is 2.85. The van der Waals surface area contributed by atoms with Crippen LogP contribution in [0.25, 0.3) is 0 Å². The third-order valence-corrected chi connectivity index (χ3v) is 4.17. The van der Waals surface area contributed by atoms with E-state index in [-0.39, 0.29) is 0 Å². The van der Waals surface area contributed by atoms with Gasteiger partial charge >= 0.3 is 0 Å². The monoisotopic (exact) mass is 224 g/mol. The van der Waals surface area contributed by atoms with Crippen molar-refractivity contribution in [3.05, 3.63) is 21.9 Å². The highest BCUT2D eigenvalue weighted by molar-refractivity contribution is 7.10. The summed E-state index contributed by atoms with van der Waals surface area (Å²) in [6, 6.07) is 2.20. The van der Waals surface area contributed by atoms with Crippen molar-refractivity contribution in [2.75, 3.05) is 19.6 Å². The van der Waals surface area contributed by atoms with Gasteiger partial charge in [0.2, 0.25) is 0 Å². The lowest BCUT2D eigenvalue weighted by Crippen LogP contribution is -2.18. The molecule has 15 heavy (non-hydrogen) atoms. The Labute approximate surface area is 96.1 Å². The van der Waals surface area contributed by atoms with E-state index in [2.05, 4.69) is 29.0 Å². The van der Waals surface area contributed by atoms with Crippen molar-refractivity contribution in [3.63, 3.8) is 0 Å². The molecule has 0 radical (unpaired) electrons. The molecular weight excluding hydrogens is 204 g/mol. The lowest BCUT2D eigenvalue weighted by molar-refractivity contribution is 0.501. The molecule has 1 unspecified atom stereocenters. The zero-order chi connectivity index (χ0) is 10.5. The van der Waals surface area contributed by atoms with E-state index in [4.69, 9.17) is 0 Å². The Morgan fingerprint density at radius 2 is 2.53 bits per heavy atom. The minimum atomic E-state index is 0.905. The fourth-order valence-corrected chi connectivity index (χ4v) is 2.93. The molecule has 1 aliphatic heterocycles. The largest absolute Gasteiger partial charge is 0.316 e. The SMILES string of the molecule is Cc1ccsc1CNCCC1CCNC1. The Hall–Kier alpha value is -0.380. The summed E-state index contributed by atoms with van der Waals surface area (Å²) in [6.07, 6.45) is 2.68. The first-order valence-corrected chi connectivity index (χ1v) is 6.68. The van der Waals surface area contributed by atoms with E-state index in [1.54, 1.807) is 0 Å². The van der Waals surface area contributed by atoms with E-state index >= 15 is 0 Å². The lowest BCUT2D eigenvalue weighted by Gasteiger charge is -2.08. The molecule has 0 saturated carbocycles. The van der Waals surface area contributed by atoms with Gasteiger partial charge in [-0.15, -0.1) is 11.3 Å². The Morgan fingerprint density at radius 1 is 1.60 bits per heavy atom. The van der Waals surface area contributed by atoms with Crippen molar-refractivity contribution < 1.29 is 0 Å². The Kier molecular flexibility index (Phi) is 4.18. The topological polar surface area (TPSA) is 24.1 Å². The van der Waals surface area contributed by atoms with Gasteiger partial charge in [0, 0.05) is 11.4 Å². The second kappa shape index (κ2) is 5.64. The fourth-order valence-electron chi connectivity index (χ4n) is 2.05. The summed E-state index contributed by atoms with van der Waals surface area (Å²) in [5.41, 5.74) is 1.43. The quantitative estimate of drug-likeness (QED) is 0.749. The van der Waals surface area contributed by atoms with Crippen LogP contribution in [0.2, 0.25) is 0 Å². The minimum Gasteiger partial charge on any atom is -0.316 e. The van der Waals surface area contributed by atoms with E-state index in [0.29, 0.717) is 0 Å². The second-order valence-corrected chi connectivity index (χ2v) is 5.35. The molecule has 0 amide bonds. The third kappa shape index (κ3) is 3.30. The number of thiophene rings is 1. The van der Waals surface area contributed by atoms with Crippen LogP contribution in [0.1, 0.15) is 23.3 Å². The van der Waals surface area contributed by atoms with Gasteiger partial charge in [-0.05, 0) is 62.3 Å². The predicted octanol–water partition coefficient (Wildman–Crippen LogP) is 2.15. The molecule has 2 heterocycles. The van der Waals surface area contributed by atoms with Crippen molar-refractivity contribution in [1.82, 2.24) is 10.6 Å². The molecular formula is C12H20N2S. The summed E-state index contributed by atoms with van der Waals surface area (Å²) in [4.78, 5) is 1.49. The van der Waals surface area contributed by atoms with Gasteiger partial charge in [-0.2, -0.15) is 0 Å². The van der Waals surface area contributed by atoms with E-state index in [9.17, 15) is 0 Å². The first-order chi connectivity index (χ1) is 7.36. The molecule has 0 spiro atoms. The molecule has 84 valence electrons. The molecule has 2 nitrogen and oxygen atoms in total. The maximum atomic E-state index is 3.54.